The molecule has 1 aliphatic heterocycles. The average molecular weight is 385 g/mol. The Balaban J connectivity index is 1.56. The van der Waals surface area contributed by atoms with Crippen LogP contribution in [0.3, 0.4) is 0 Å². The maximum atomic E-state index is 12.8. The van der Waals surface area contributed by atoms with Gasteiger partial charge in [-0.15, -0.1) is 11.8 Å². The Bertz CT molecular complexity index is 768. The molecule has 0 unspecified atom stereocenters. The van der Waals surface area contributed by atoms with Gasteiger partial charge in [0.15, 0.2) is 0 Å². The van der Waals surface area contributed by atoms with Crippen molar-refractivity contribution < 1.29 is 14.3 Å². The predicted octanol–water partition coefficient (Wildman–Crippen LogP) is 3.29. The van der Waals surface area contributed by atoms with Crippen molar-refractivity contribution in [3.63, 3.8) is 0 Å². The van der Waals surface area contributed by atoms with Crippen LogP contribution in [0.2, 0.25) is 0 Å². The average Bonchev–Trinajstić information content (AvgIpc) is 2.98. The molecule has 1 aromatic heterocycles. The molecule has 0 N–H and O–H groups in total. The van der Waals surface area contributed by atoms with E-state index >= 15 is 0 Å². The SMILES string of the molecule is COC(=O)N1CCCN(C(=O)c2ccc(SCc3cccnc3)cc2)CC1. The zero-order valence-corrected chi connectivity index (χ0v) is 16.2. The highest BCUT2D eigenvalue weighted by molar-refractivity contribution is 7.98. The van der Waals surface area contributed by atoms with Crippen LogP contribution in [0.4, 0.5) is 4.79 Å². The molecule has 2 aromatic rings. The van der Waals surface area contributed by atoms with Gasteiger partial charge in [-0.05, 0) is 42.3 Å². The molecule has 0 spiro atoms. The molecular weight excluding hydrogens is 362 g/mol. The molecule has 7 heteroatoms. The zero-order valence-electron chi connectivity index (χ0n) is 15.3. The molecule has 2 amide bonds. The third-order valence-corrected chi connectivity index (χ3v) is 5.53. The Morgan fingerprint density at radius 1 is 1.07 bits per heavy atom. The predicted molar refractivity (Wildman–Crippen MR) is 105 cm³/mol. The molecule has 0 aliphatic carbocycles. The molecular formula is C20H23N3O3S. The van der Waals surface area contributed by atoms with Crippen molar-refractivity contribution in [2.24, 2.45) is 0 Å². The van der Waals surface area contributed by atoms with Crippen molar-refractivity contribution >= 4 is 23.8 Å². The summed E-state index contributed by atoms with van der Waals surface area (Å²) in [5.41, 5.74) is 1.84. The van der Waals surface area contributed by atoms with E-state index in [1.807, 2.05) is 36.5 Å². The van der Waals surface area contributed by atoms with Crippen molar-refractivity contribution in [1.82, 2.24) is 14.8 Å². The molecule has 0 atom stereocenters. The van der Waals surface area contributed by atoms with Gasteiger partial charge in [-0.25, -0.2) is 4.79 Å². The summed E-state index contributed by atoms with van der Waals surface area (Å²) in [7, 11) is 1.38. The van der Waals surface area contributed by atoms with Crippen LogP contribution in [0, 0.1) is 0 Å². The van der Waals surface area contributed by atoms with Gasteiger partial charge < -0.3 is 14.5 Å². The largest absolute Gasteiger partial charge is 0.453 e. The van der Waals surface area contributed by atoms with E-state index in [2.05, 4.69) is 11.1 Å². The van der Waals surface area contributed by atoms with Crippen molar-refractivity contribution in [3.8, 4) is 0 Å². The number of thioether (sulfide) groups is 1. The fourth-order valence-corrected chi connectivity index (χ4v) is 3.79. The minimum absolute atomic E-state index is 0.00512. The Hall–Kier alpha value is -2.54. The maximum Gasteiger partial charge on any atom is 0.409 e. The van der Waals surface area contributed by atoms with Gasteiger partial charge in [-0.2, -0.15) is 0 Å². The highest BCUT2D eigenvalue weighted by Crippen LogP contribution is 2.23. The number of aromatic nitrogens is 1. The van der Waals surface area contributed by atoms with E-state index in [1.54, 1.807) is 27.8 Å². The van der Waals surface area contributed by atoms with Gasteiger partial charge >= 0.3 is 6.09 Å². The van der Waals surface area contributed by atoms with Gasteiger partial charge in [0.05, 0.1) is 7.11 Å². The standard InChI is InChI=1S/C20H23N3O3S/c1-26-20(25)23-11-3-10-22(12-13-23)19(24)17-5-7-18(8-6-17)27-15-16-4-2-9-21-14-16/h2,4-9,14H,3,10-13,15H2,1H3. The second-order valence-corrected chi connectivity index (χ2v) is 7.33. The van der Waals surface area contributed by atoms with Crippen LogP contribution in [0.25, 0.3) is 0 Å². The van der Waals surface area contributed by atoms with Gasteiger partial charge in [-0.1, -0.05) is 6.07 Å². The van der Waals surface area contributed by atoms with Gasteiger partial charge in [0.1, 0.15) is 0 Å². The van der Waals surface area contributed by atoms with E-state index in [9.17, 15) is 9.59 Å². The smallest absolute Gasteiger partial charge is 0.409 e. The molecule has 1 aliphatic rings. The van der Waals surface area contributed by atoms with Gasteiger partial charge in [0.2, 0.25) is 0 Å². The molecule has 1 saturated heterocycles. The fourth-order valence-electron chi connectivity index (χ4n) is 2.96. The number of benzene rings is 1. The first kappa shape index (κ1) is 19.2. The Kier molecular flexibility index (Phi) is 6.70. The third kappa shape index (κ3) is 5.23. The first-order chi connectivity index (χ1) is 13.2. The first-order valence-electron chi connectivity index (χ1n) is 8.91. The van der Waals surface area contributed by atoms with Gasteiger partial charge in [0, 0.05) is 54.8 Å². The summed E-state index contributed by atoms with van der Waals surface area (Å²) < 4.78 is 4.77. The summed E-state index contributed by atoms with van der Waals surface area (Å²) in [5.74, 6) is 0.849. The lowest BCUT2D eigenvalue weighted by atomic mass is 10.2. The number of rotatable bonds is 4. The van der Waals surface area contributed by atoms with Crippen LogP contribution >= 0.6 is 11.8 Å². The summed E-state index contributed by atoms with van der Waals surface area (Å²) in [5, 5.41) is 0. The summed E-state index contributed by atoms with van der Waals surface area (Å²) >= 11 is 1.72. The number of pyridine rings is 1. The highest BCUT2D eigenvalue weighted by atomic mass is 32.2. The molecule has 1 fully saturated rings. The fraction of sp³-hybridized carbons (Fsp3) is 0.350. The lowest BCUT2D eigenvalue weighted by Gasteiger charge is -2.21. The van der Waals surface area contributed by atoms with Crippen molar-refractivity contribution in [1.29, 1.82) is 0 Å². The van der Waals surface area contributed by atoms with E-state index in [-0.39, 0.29) is 12.0 Å². The zero-order chi connectivity index (χ0) is 19.1. The van der Waals surface area contributed by atoms with E-state index in [1.165, 1.54) is 12.7 Å². The molecule has 6 nitrogen and oxygen atoms in total. The molecule has 0 radical (unpaired) electrons. The molecule has 3 rings (SSSR count). The first-order valence-corrected chi connectivity index (χ1v) is 9.90. The second kappa shape index (κ2) is 9.41. The van der Waals surface area contributed by atoms with Crippen molar-refractivity contribution in [2.45, 2.75) is 17.1 Å². The minimum Gasteiger partial charge on any atom is -0.453 e. The van der Waals surface area contributed by atoms with Crippen LogP contribution in [0.15, 0.2) is 53.7 Å². The highest BCUT2D eigenvalue weighted by Gasteiger charge is 2.23. The van der Waals surface area contributed by atoms with E-state index < -0.39 is 0 Å². The topological polar surface area (TPSA) is 62.7 Å². The van der Waals surface area contributed by atoms with Crippen molar-refractivity contribution in [2.75, 3.05) is 33.3 Å². The Labute approximate surface area is 163 Å². The van der Waals surface area contributed by atoms with Crippen LogP contribution in [0.5, 0.6) is 0 Å². The molecule has 27 heavy (non-hydrogen) atoms. The quantitative estimate of drug-likeness (QED) is 0.756. The molecule has 1 aromatic carbocycles. The lowest BCUT2D eigenvalue weighted by molar-refractivity contribution is 0.0757. The number of ether oxygens (including phenoxy) is 1. The maximum absolute atomic E-state index is 12.8. The number of nitrogens with zero attached hydrogens (tertiary/aromatic N) is 3. The molecule has 0 saturated carbocycles. The van der Waals surface area contributed by atoms with E-state index in [4.69, 9.17) is 4.74 Å². The second-order valence-electron chi connectivity index (χ2n) is 6.28. The normalized spacial score (nSPS) is 14.6. The van der Waals surface area contributed by atoms with Crippen LogP contribution in [0.1, 0.15) is 22.3 Å². The van der Waals surface area contributed by atoms with Crippen LogP contribution in [-0.4, -0.2) is 60.1 Å². The monoisotopic (exact) mass is 385 g/mol. The van der Waals surface area contributed by atoms with E-state index in [0.717, 1.165) is 17.1 Å². The lowest BCUT2D eigenvalue weighted by Crippen LogP contribution is -2.37. The number of hydrogen-bond acceptors (Lipinski definition) is 5. The van der Waals surface area contributed by atoms with Crippen LogP contribution in [-0.2, 0) is 10.5 Å². The number of hydrogen-bond donors (Lipinski definition) is 0. The number of carbonyl (C=O) groups excluding carboxylic acids is 2. The number of carbonyl (C=O) groups is 2. The molecule has 142 valence electrons. The molecule has 2 heterocycles. The summed E-state index contributed by atoms with van der Waals surface area (Å²) in [4.78, 5) is 33.1. The van der Waals surface area contributed by atoms with E-state index in [0.29, 0.717) is 31.7 Å². The van der Waals surface area contributed by atoms with Crippen LogP contribution < -0.4 is 0 Å². The van der Waals surface area contributed by atoms with Gasteiger partial charge in [-0.3, -0.25) is 9.78 Å². The minimum atomic E-state index is -0.334. The third-order valence-electron chi connectivity index (χ3n) is 4.45. The summed E-state index contributed by atoms with van der Waals surface area (Å²) in [6, 6.07) is 11.7. The van der Waals surface area contributed by atoms with Gasteiger partial charge in [0.25, 0.3) is 5.91 Å². The Morgan fingerprint density at radius 3 is 2.52 bits per heavy atom. The summed E-state index contributed by atoms with van der Waals surface area (Å²) in [6.07, 6.45) is 4.04. The number of methoxy groups -OCH3 is 1. The van der Waals surface area contributed by atoms with Crippen molar-refractivity contribution in [3.05, 3.63) is 59.9 Å². The molecule has 0 bridgehead atoms. The number of amides is 2. The summed E-state index contributed by atoms with van der Waals surface area (Å²) in [6.45, 7) is 2.27. The Morgan fingerprint density at radius 2 is 1.81 bits per heavy atom.